The lowest BCUT2D eigenvalue weighted by molar-refractivity contribution is 1.18. The van der Waals surface area contributed by atoms with Gasteiger partial charge in [0.25, 0.3) is 0 Å². The summed E-state index contributed by atoms with van der Waals surface area (Å²) >= 11 is 0. The number of benzene rings is 7. The van der Waals surface area contributed by atoms with Gasteiger partial charge in [-0.1, -0.05) is 121 Å². The van der Waals surface area contributed by atoms with Crippen LogP contribution in [-0.2, 0) is 6.42 Å². The third kappa shape index (κ3) is 4.11. The van der Waals surface area contributed by atoms with E-state index in [-0.39, 0.29) is 0 Å². The van der Waals surface area contributed by atoms with E-state index in [1.807, 2.05) is 36.4 Å². The molecule has 9 aromatic rings. The zero-order valence-corrected chi connectivity index (χ0v) is 24.7. The molecule has 0 saturated carbocycles. The minimum Gasteiger partial charge on any atom is -0.354 e. The van der Waals surface area contributed by atoms with Gasteiger partial charge >= 0.3 is 0 Å². The third-order valence-corrected chi connectivity index (χ3v) is 9.24. The fourth-order valence-electron chi connectivity index (χ4n) is 7.29. The first kappa shape index (κ1) is 25.6. The van der Waals surface area contributed by atoms with Gasteiger partial charge < -0.3 is 9.55 Å². The number of hydrogen-bond donors (Lipinski definition) is 1. The van der Waals surface area contributed by atoms with Crippen LogP contribution in [0.4, 0.5) is 0 Å². The summed E-state index contributed by atoms with van der Waals surface area (Å²) in [6, 6.07) is 58.6. The van der Waals surface area contributed by atoms with E-state index in [2.05, 4.69) is 137 Å². The van der Waals surface area contributed by atoms with Crippen molar-refractivity contribution >= 4 is 43.6 Å². The lowest BCUT2D eigenvalue weighted by Gasteiger charge is -2.11. The number of fused-ring (bicyclic) bond motifs is 10. The monoisotopic (exact) mass is 574 g/mol. The molecule has 2 aromatic heterocycles. The van der Waals surface area contributed by atoms with E-state index in [4.69, 9.17) is 0 Å². The van der Waals surface area contributed by atoms with Crippen molar-refractivity contribution in [3.8, 4) is 27.9 Å². The van der Waals surface area contributed by atoms with Crippen molar-refractivity contribution in [3.63, 3.8) is 0 Å². The molecular weight excluding hydrogens is 544 g/mol. The van der Waals surface area contributed by atoms with Crippen LogP contribution in [0.2, 0.25) is 0 Å². The summed E-state index contributed by atoms with van der Waals surface area (Å²) in [5.74, 6) is 0. The molecule has 212 valence electrons. The minimum atomic E-state index is 0.984. The van der Waals surface area contributed by atoms with Crippen LogP contribution in [0.25, 0.3) is 71.6 Å². The number of aromatic amines is 1. The molecule has 2 nitrogen and oxygen atoms in total. The summed E-state index contributed by atoms with van der Waals surface area (Å²) < 4.78 is 2.42. The molecule has 0 saturated heterocycles. The van der Waals surface area contributed by atoms with E-state index in [1.54, 1.807) is 0 Å². The van der Waals surface area contributed by atoms with Gasteiger partial charge in [0.2, 0.25) is 0 Å². The number of nitrogens with one attached hydrogen (secondary N) is 1. The molecule has 0 spiro atoms. The molecule has 0 aliphatic heterocycles. The summed E-state index contributed by atoms with van der Waals surface area (Å²) in [6.45, 7) is 0. The maximum atomic E-state index is 3.66. The summed E-state index contributed by atoms with van der Waals surface area (Å²) in [7, 11) is 0. The Morgan fingerprint density at radius 2 is 1.11 bits per heavy atom. The molecule has 0 fully saturated rings. The molecule has 0 unspecified atom stereocenters. The largest absolute Gasteiger partial charge is 0.354 e. The molecule has 1 N–H and O–H groups in total. The van der Waals surface area contributed by atoms with Gasteiger partial charge in [-0.2, -0.15) is 0 Å². The number of para-hydroxylation sites is 2. The van der Waals surface area contributed by atoms with Gasteiger partial charge in [-0.25, -0.2) is 0 Å². The average Bonchev–Trinajstić information content (AvgIpc) is 3.78. The average molecular weight is 575 g/mol. The van der Waals surface area contributed by atoms with Crippen LogP contribution < -0.4 is 0 Å². The second-order valence-electron chi connectivity index (χ2n) is 11.8. The Hall–Kier alpha value is -5.86. The second kappa shape index (κ2) is 10.4. The van der Waals surface area contributed by atoms with Crippen LogP contribution in [-0.4, -0.2) is 9.55 Å². The van der Waals surface area contributed by atoms with Crippen LogP contribution in [0.1, 0.15) is 11.1 Å². The second-order valence-corrected chi connectivity index (χ2v) is 11.8. The highest BCUT2D eigenvalue weighted by atomic mass is 15.0. The number of hydrogen-bond acceptors (Lipinski definition) is 0. The van der Waals surface area contributed by atoms with Gasteiger partial charge in [0.1, 0.15) is 0 Å². The molecule has 0 radical (unpaired) electrons. The van der Waals surface area contributed by atoms with Crippen molar-refractivity contribution in [1.29, 1.82) is 0 Å². The molecule has 0 atom stereocenters. The summed E-state index contributed by atoms with van der Waals surface area (Å²) in [4.78, 5) is 3.66. The quantitative estimate of drug-likeness (QED) is 0.212. The predicted molar refractivity (Wildman–Crippen MR) is 190 cm³/mol. The fourth-order valence-corrected chi connectivity index (χ4v) is 7.29. The van der Waals surface area contributed by atoms with Crippen molar-refractivity contribution in [1.82, 2.24) is 9.55 Å². The van der Waals surface area contributed by atoms with Crippen molar-refractivity contribution < 1.29 is 0 Å². The van der Waals surface area contributed by atoms with Crippen molar-refractivity contribution in [2.45, 2.75) is 6.42 Å². The van der Waals surface area contributed by atoms with Gasteiger partial charge in [0, 0.05) is 38.3 Å². The predicted octanol–water partition coefficient (Wildman–Crippen LogP) is 11.3. The molecule has 10 rings (SSSR count). The number of H-pyrrole nitrogens is 1. The Morgan fingerprint density at radius 1 is 0.444 bits per heavy atom. The molecule has 1 aliphatic carbocycles. The maximum absolute atomic E-state index is 3.66. The van der Waals surface area contributed by atoms with E-state index < -0.39 is 0 Å². The van der Waals surface area contributed by atoms with E-state index in [9.17, 15) is 0 Å². The van der Waals surface area contributed by atoms with E-state index >= 15 is 0 Å². The minimum absolute atomic E-state index is 0.984. The highest BCUT2D eigenvalue weighted by Gasteiger charge is 2.22. The first-order chi connectivity index (χ1) is 22.3. The molecule has 45 heavy (non-hydrogen) atoms. The standard InChI is InChI=1S/C37H24N2.C6H6/c1-2-10-25(11-3-1)39-34-19-17-24(27-14-8-15-28-26-12-5-4-9-23(26)21-30(27)28)22-31(34)37-35(39)20-18-33-36(37)29-13-6-7-16-32(29)38-33;1-2-4-6-5-3-1/h1-20,22,38H,21H2;1-6H. The van der Waals surface area contributed by atoms with Crippen LogP contribution in [0, 0.1) is 0 Å². The third-order valence-electron chi connectivity index (χ3n) is 9.24. The van der Waals surface area contributed by atoms with Gasteiger partial charge in [-0.15, -0.1) is 0 Å². The van der Waals surface area contributed by atoms with Crippen LogP contribution in [0.5, 0.6) is 0 Å². The number of rotatable bonds is 2. The first-order valence-corrected chi connectivity index (χ1v) is 15.6. The lowest BCUT2D eigenvalue weighted by Crippen LogP contribution is -1.93. The summed E-state index contributed by atoms with van der Waals surface area (Å²) in [5.41, 5.74) is 14.2. The Balaban J connectivity index is 0.000000423. The molecule has 0 amide bonds. The normalized spacial score (nSPS) is 11.9. The molecular formula is C43H30N2. The zero-order valence-electron chi connectivity index (χ0n) is 24.7. The van der Waals surface area contributed by atoms with Gasteiger partial charge in [-0.3, -0.25) is 0 Å². The SMILES string of the molecule is c1ccc(-n2c3ccc(-c4cccc5c4Cc4ccccc4-5)cc3c3c4c(ccc32)[nH]c2ccccc24)cc1.c1ccccc1. The highest BCUT2D eigenvalue weighted by Crippen LogP contribution is 2.44. The molecule has 0 bridgehead atoms. The molecule has 2 heterocycles. The van der Waals surface area contributed by atoms with Gasteiger partial charge in [0.15, 0.2) is 0 Å². The van der Waals surface area contributed by atoms with E-state index in [1.165, 1.54) is 82.7 Å². The van der Waals surface area contributed by atoms with E-state index in [0.717, 1.165) is 6.42 Å². The lowest BCUT2D eigenvalue weighted by atomic mass is 9.94. The zero-order chi connectivity index (χ0) is 29.7. The van der Waals surface area contributed by atoms with Crippen LogP contribution >= 0.6 is 0 Å². The summed E-state index contributed by atoms with van der Waals surface area (Å²) in [5, 5.41) is 5.16. The fraction of sp³-hybridized carbons (Fsp3) is 0.0233. The van der Waals surface area contributed by atoms with Crippen molar-refractivity contribution in [2.24, 2.45) is 0 Å². The summed E-state index contributed by atoms with van der Waals surface area (Å²) in [6.07, 6.45) is 0.984. The Labute approximate surface area is 261 Å². The Kier molecular flexibility index (Phi) is 5.92. The molecule has 1 aliphatic rings. The van der Waals surface area contributed by atoms with Gasteiger partial charge in [-0.05, 0) is 82.3 Å². The van der Waals surface area contributed by atoms with E-state index in [0.29, 0.717) is 0 Å². The van der Waals surface area contributed by atoms with Gasteiger partial charge in [0.05, 0.1) is 11.0 Å². The van der Waals surface area contributed by atoms with Crippen molar-refractivity contribution in [3.05, 3.63) is 175 Å². The number of nitrogens with zero attached hydrogens (tertiary/aromatic N) is 1. The maximum Gasteiger partial charge on any atom is 0.0548 e. The molecule has 7 aromatic carbocycles. The number of aromatic nitrogens is 2. The first-order valence-electron chi connectivity index (χ1n) is 15.6. The Bertz CT molecular complexity index is 2470. The van der Waals surface area contributed by atoms with Crippen LogP contribution in [0.3, 0.4) is 0 Å². The van der Waals surface area contributed by atoms with Crippen molar-refractivity contribution in [2.75, 3.05) is 0 Å². The Morgan fingerprint density at radius 3 is 1.96 bits per heavy atom. The smallest absolute Gasteiger partial charge is 0.0548 e. The van der Waals surface area contributed by atoms with Crippen LogP contribution in [0.15, 0.2) is 164 Å². The topological polar surface area (TPSA) is 20.7 Å². The molecule has 2 heteroatoms. The highest BCUT2D eigenvalue weighted by molar-refractivity contribution is 6.28.